The molecule has 2 rings (SSSR count). The lowest BCUT2D eigenvalue weighted by molar-refractivity contribution is 0.564. The molecule has 0 aliphatic carbocycles. The van der Waals surface area contributed by atoms with Gasteiger partial charge >= 0.3 is 0 Å². The van der Waals surface area contributed by atoms with Gasteiger partial charge in [-0.1, -0.05) is 24.3 Å². The summed E-state index contributed by atoms with van der Waals surface area (Å²) in [6.45, 7) is 2.94. The molecule has 0 aliphatic heterocycles. The highest BCUT2D eigenvalue weighted by atomic mass is 32.2. The predicted molar refractivity (Wildman–Crippen MR) is 79.3 cm³/mol. The van der Waals surface area contributed by atoms with Gasteiger partial charge in [0.2, 0.25) is 0 Å². The van der Waals surface area contributed by atoms with E-state index in [4.69, 9.17) is 0 Å². The lowest BCUT2D eigenvalue weighted by Gasteiger charge is -2.16. The maximum absolute atomic E-state index is 13.6. The maximum atomic E-state index is 13.6. The summed E-state index contributed by atoms with van der Waals surface area (Å²) in [6, 6.07) is 7.12. The van der Waals surface area contributed by atoms with Gasteiger partial charge in [-0.3, -0.25) is 4.68 Å². The lowest BCUT2D eigenvalue weighted by Crippen LogP contribution is -2.33. The van der Waals surface area contributed by atoms with Gasteiger partial charge in [0.15, 0.2) is 0 Å². The van der Waals surface area contributed by atoms with Crippen LogP contribution in [0.5, 0.6) is 0 Å². The Balaban J connectivity index is 1.94. The third kappa shape index (κ3) is 4.31. The molecule has 1 aromatic carbocycles. The molecule has 0 fully saturated rings. The van der Waals surface area contributed by atoms with Crippen LogP contribution in [0.2, 0.25) is 0 Å². The van der Waals surface area contributed by atoms with Crippen LogP contribution < -0.4 is 5.32 Å². The number of hydrogen-bond acceptors (Lipinski definition) is 4. The maximum Gasteiger partial charge on any atom is 0.136 e. The van der Waals surface area contributed by atoms with E-state index in [-0.39, 0.29) is 11.9 Å². The Morgan fingerprint density at radius 3 is 2.85 bits per heavy atom. The molecule has 4 nitrogen and oxygen atoms in total. The number of aromatic nitrogens is 3. The van der Waals surface area contributed by atoms with Crippen molar-refractivity contribution in [3.05, 3.63) is 42.0 Å². The molecule has 2 aromatic rings. The molecule has 0 saturated heterocycles. The van der Waals surface area contributed by atoms with E-state index >= 15 is 0 Å². The highest BCUT2D eigenvalue weighted by Gasteiger charge is 2.12. The summed E-state index contributed by atoms with van der Waals surface area (Å²) < 4.78 is 15.3. The van der Waals surface area contributed by atoms with Crippen molar-refractivity contribution in [2.45, 2.75) is 24.3 Å². The molecule has 20 heavy (non-hydrogen) atoms. The average molecular weight is 294 g/mol. The number of benzene rings is 1. The van der Waals surface area contributed by atoms with E-state index in [1.165, 1.54) is 17.8 Å². The molecule has 108 valence electrons. The Labute approximate surface area is 122 Å². The molecular weight excluding hydrogens is 275 g/mol. The summed E-state index contributed by atoms with van der Waals surface area (Å²) in [6.07, 6.45) is 2.71. The topological polar surface area (TPSA) is 42.7 Å². The largest absolute Gasteiger partial charge is 0.313 e. The minimum absolute atomic E-state index is 0.160. The van der Waals surface area contributed by atoms with Crippen LogP contribution in [0.15, 0.2) is 35.4 Å². The van der Waals surface area contributed by atoms with E-state index < -0.39 is 0 Å². The van der Waals surface area contributed by atoms with Gasteiger partial charge in [0.05, 0.1) is 5.69 Å². The first kappa shape index (κ1) is 15.0. The molecule has 1 aromatic heterocycles. The van der Waals surface area contributed by atoms with Crippen molar-refractivity contribution in [3.63, 3.8) is 0 Å². The number of nitrogens with zero attached hydrogens (tertiary/aromatic N) is 3. The zero-order chi connectivity index (χ0) is 14.4. The van der Waals surface area contributed by atoms with Crippen molar-refractivity contribution >= 4 is 11.8 Å². The summed E-state index contributed by atoms with van der Waals surface area (Å²) in [4.78, 5) is 0.689. The second-order valence-corrected chi connectivity index (χ2v) is 5.65. The minimum atomic E-state index is -0.160. The first-order valence-electron chi connectivity index (χ1n) is 6.65. The minimum Gasteiger partial charge on any atom is -0.313 e. The van der Waals surface area contributed by atoms with Gasteiger partial charge in [-0.15, -0.1) is 16.9 Å². The van der Waals surface area contributed by atoms with Gasteiger partial charge in [0.1, 0.15) is 5.82 Å². The summed E-state index contributed by atoms with van der Waals surface area (Å²) in [5, 5.41) is 11.4. The SMILES string of the molecule is CCNC(CSc1ccccc1F)Cc1cn(C)nn1. The van der Waals surface area contributed by atoms with Crippen LogP contribution in [-0.4, -0.2) is 33.3 Å². The molecule has 1 N–H and O–H groups in total. The standard InChI is InChI=1S/C14H19FN4S/c1-3-16-12(8-11-9-19(2)18-17-11)10-20-14-7-5-4-6-13(14)15/h4-7,9,12,16H,3,8,10H2,1-2H3. The number of rotatable bonds is 7. The van der Waals surface area contributed by atoms with Gasteiger partial charge in [-0.2, -0.15) is 0 Å². The van der Waals surface area contributed by atoms with Gasteiger partial charge in [0.25, 0.3) is 0 Å². The number of likely N-dealkylation sites (N-methyl/N-ethyl adjacent to an activating group) is 1. The molecule has 0 radical (unpaired) electrons. The fourth-order valence-electron chi connectivity index (χ4n) is 1.97. The lowest BCUT2D eigenvalue weighted by atomic mass is 10.2. The van der Waals surface area contributed by atoms with Gasteiger partial charge in [0, 0.05) is 36.4 Å². The quantitative estimate of drug-likeness (QED) is 0.796. The first-order chi connectivity index (χ1) is 9.69. The monoisotopic (exact) mass is 294 g/mol. The second kappa shape index (κ2) is 7.40. The smallest absolute Gasteiger partial charge is 0.136 e. The molecular formula is C14H19FN4S. The van der Waals surface area contributed by atoms with Crippen molar-refractivity contribution in [2.75, 3.05) is 12.3 Å². The molecule has 0 aliphatic rings. The Kier molecular flexibility index (Phi) is 5.55. The summed E-state index contributed by atoms with van der Waals surface area (Å²) in [7, 11) is 1.85. The van der Waals surface area contributed by atoms with Crippen LogP contribution in [-0.2, 0) is 13.5 Å². The summed E-state index contributed by atoms with van der Waals surface area (Å²) in [5.74, 6) is 0.637. The Morgan fingerprint density at radius 1 is 1.40 bits per heavy atom. The van der Waals surface area contributed by atoms with Gasteiger partial charge in [-0.25, -0.2) is 4.39 Å². The molecule has 0 saturated carbocycles. The van der Waals surface area contributed by atoms with Crippen LogP contribution in [0.1, 0.15) is 12.6 Å². The first-order valence-corrected chi connectivity index (χ1v) is 7.63. The van der Waals surface area contributed by atoms with Crippen molar-refractivity contribution < 1.29 is 4.39 Å². The molecule has 1 heterocycles. The van der Waals surface area contributed by atoms with E-state index in [2.05, 4.69) is 22.6 Å². The third-order valence-electron chi connectivity index (χ3n) is 2.88. The second-order valence-electron chi connectivity index (χ2n) is 4.58. The Bertz CT molecular complexity index is 543. The zero-order valence-electron chi connectivity index (χ0n) is 11.7. The Hall–Kier alpha value is -1.40. The molecule has 0 bridgehead atoms. The normalized spacial score (nSPS) is 12.6. The van der Waals surface area contributed by atoms with Crippen LogP contribution in [0.4, 0.5) is 4.39 Å². The fraction of sp³-hybridized carbons (Fsp3) is 0.429. The van der Waals surface area contributed by atoms with E-state index in [1.807, 2.05) is 25.4 Å². The van der Waals surface area contributed by atoms with E-state index in [0.29, 0.717) is 4.90 Å². The van der Waals surface area contributed by atoms with Crippen molar-refractivity contribution in [1.29, 1.82) is 0 Å². The average Bonchev–Trinajstić information content (AvgIpc) is 2.83. The number of hydrogen-bond donors (Lipinski definition) is 1. The van der Waals surface area contributed by atoms with Crippen LogP contribution in [0.25, 0.3) is 0 Å². The van der Waals surface area contributed by atoms with Gasteiger partial charge in [-0.05, 0) is 18.7 Å². The summed E-state index contributed by atoms with van der Waals surface area (Å²) >= 11 is 1.53. The Morgan fingerprint density at radius 2 is 2.20 bits per heavy atom. The molecule has 6 heteroatoms. The number of halogens is 1. The molecule has 0 spiro atoms. The third-order valence-corrected chi connectivity index (χ3v) is 4.09. The highest BCUT2D eigenvalue weighted by Crippen LogP contribution is 2.22. The molecule has 1 unspecified atom stereocenters. The zero-order valence-corrected chi connectivity index (χ0v) is 12.5. The number of thioether (sulfide) groups is 1. The van der Waals surface area contributed by atoms with Crippen molar-refractivity contribution in [1.82, 2.24) is 20.3 Å². The molecule has 0 amide bonds. The van der Waals surface area contributed by atoms with Crippen molar-refractivity contribution in [2.24, 2.45) is 7.05 Å². The van der Waals surface area contributed by atoms with E-state index in [1.54, 1.807) is 10.7 Å². The van der Waals surface area contributed by atoms with Crippen LogP contribution in [0.3, 0.4) is 0 Å². The van der Waals surface area contributed by atoms with E-state index in [9.17, 15) is 4.39 Å². The molecule has 1 atom stereocenters. The number of nitrogens with one attached hydrogen (secondary N) is 1. The van der Waals surface area contributed by atoms with Crippen molar-refractivity contribution in [3.8, 4) is 0 Å². The predicted octanol–water partition coefficient (Wildman–Crippen LogP) is 2.27. The highest BCUT2D eigenvalue weighted by molar-refractivity contribution is 7.99. The van der Waals surface area contributed by atoms with E-state index in [0.717, 1.165) is 24.4 Å². The van der Waals surface area contributed by atoms with Crippen LogP contribution >= 0.6 is 11.8 Å². The van der Waals surface area contributed by atoms with Crippen LogP contribution in [0, 0.1) is 5.82 Å². The van der Waals surface area contributed by atoms with Gasteiger partial charge < -0.3 is 5.32 Å². The number of aryl methyl sites for hydroxylation is 1. The summed E-state index contributed by atoms with van der Waals surface area (Å²) in [5.41, 5.74) is 0.951. The fourth-order valence-corrected chi connectivity index (χ4v) is 2.97.